The van der Waals surface area contributed by atoms with E-state index in [-0.39, 0.29) is 6.09 Å². The van der Waals surface area contributed by atoms with E-state index in [0.29, 0.717) is 36.0 Å². The van der Waals surface area contributed by atoms with Crippen molar-refractivity contribution < 1.29 is 9.53 Å². The highest BCUT2D eigenvalue weighted by molar-refractivity contribution is 5.88. The van der Waals surface area contributed by atoms with Crippen molar-refractivity contribution in [2.45, 2.75) is 45.1 Å². The summed E-state index contributed by atoms with van der Waals surface area (Å²) in [6.45, 7) is 7.09. The van der Waals surface area contributed by atoms with Crippen molar-refractivity contribution in [1.29, 1.82) is 5.26 Å². The number of aromatic amines is 2. The average Bonchev–Trinajstić information content (AvgIpc) is 3.41. The molecule has 1 saturated heterocycles. The Morgan fingerprint density at radius 1 is 1.15 bits per heavy atom. The maximum Gasteiger partial charge on any atom is 0.410 e. The lowest BCUT2D eigenvalue weighted by Crippen LogP contribution is -2.41. The lowest BCUT2D eigenvalue weighted by molar-refractivity contribution is 0.0205. The number of ether oxygens (including phenoxy) is 1. The van der Waals surface area contributed by atoms with Crippen LogP contribution in [0.5, 0.6) is 0 Å². The summed E-state index contributed by atoms with van der Waals surface area (Å²) >= 11 is 0. The number of anilines is 2. The third kappa shape index (κ3) is 4.29. The summed E-state index contributed by atoms with van der Waals surface area (Å²) in [5.74, 6) is 1.11. The van der Waals surface area contributed by atoms with Gasteiger partial charge in [-0.15, -0.1) is 0 Å². The van der Waals surface area contributed by atoms with Crippen molar-refractivity contribution in [3.05, 3.63) is 53.9 Å². The second-order valence-corrected chi connectivity index (χ2v) is 9.78. The number of nitriles is 1. The normalized spacial score (nSPS) is 14.9. The second-order valence-electron chi connectivity index (χ2n) is 9.78. The van der Waals surface area contributed by atoms with Crippen LogP contribution in [-0.4, -0.2) is 44.6 Å². The minimum Gasteiger partial charge on any atom is -0.444 e. The molecule has 1 aliphatic rings. The summed E-state index contributed by atoms with van der Waals surface area (Å²) < 4.78 is 5.52. The smallest absolute Gasteiger partial charge is 0.410 e. The van der Waals surface area contributed by atoms with E-state index in [2.05, 4.69) is 50.7 Å². The Labute approximate surface area is 197 Å². The first-order valence-electron chi connectivity index (χ1n) is 11.5. The highest BCUT2D eigenvalue weighted by atomic mass is 16.6. The van der Waals surface area contributed by atoms with Crippen LogP contribution in [0.3, 0.4) is 0 Å². The lowest BCUT2D eigenvalue weighted by Gasteiger charge is -2.33. The number of piperidine rings is 1. The third-order valence-corrected chi connectivity index (χ3v) is 6.23. The topological polar surface area (TPSA) is 110 Å². The van der Waals surface area contributed by atoms with Gasteiger partial charge in [0.15, 0.2) is 0 Å². The molecule has 4 heterocycles. The van der Waals surface area contributed by atoms with Crippen molar-refractivity contribution in [3.63, 3.8) is 0 Å². The number of nitrogens with zero attached hydrogens (tertiary/aromatic N) is 3. The fourth-order valence-corrected chi connectivity index (χ4v) is 4.58. The Morgan fingerprint density at radius 3 is 2.65 bits per heavy atom. The number of nitrogens with one attached hydrogen (secondary N) is 3. The first-order chi connectivity index (χ1) is 16.3. The number of aromatic nitrogens is 3. The Bertz CT molecular complexity index is 1400. The van der Waals surface area contributed by atoms with Gasteiger partial charge in [0.05, 0.1) is 5.56 Å². The molecule has 3 aromatic heterocycles. The molecule has 0 saturated carbocycles. The molecular formula is C26H28N6O2. The molecule has 174 valence electrons. The molecule has 1 fully saturated rings. The molecule has 1 aromatic carbocycles. The van der Waals surface area contributed by atoms with Crippen LogP contribution in [0, 0.1) is 11.3 Å². The van der Waals surface area contributed by atoms with Gasteiger partial charge in [0, 0.05) is 47.5 Å². The van der Waals surface area contributed by atoms with Gasteiger partial charge in [-0.2, -0.15) is 5.26 Å². The number of carbonyl (C=O) groups is 1. The number of hydrogen-bond acceptors (Lipinski definition) is 5. The molecule has 0 unspecified atom stereocenters. The summed E-state index contributed by atoms with van der Waals surface area (Å²) in [7, 11) is 0. The maximum absolute atomic E-state index is 12.4. The third-order valence-electron chi connectivity index (χ3n) is 6.23. The summed E-state index contributed by atoms with van der Waals surface area (Å²) in [5, 5.41) is 14.5. The van der Waals surface area contributed by atoms with Crippen molar-refractivity contribution >= 4 is 39.5 Å². The number of likely N-dealkylation sites (tertiary alicyclic amines) is 1. The van der Waals surface area contributed by atoms with Crippen molar-refractivity contribution in [1.82, 2.24) is 19.9 Å². The van der Waals surface area contributed by atoms with E-state index in [1.54, 1.807) is 6.20 Å². The van der Waals surface area contributed by atoms with Gasteiger partial charge in [-0.3, -0.25) is 0 Å². The summed E-state index contributed by atoms with van der Waals surface area (Å²) in [4.78, 5) is 25.2. The van der Waals surface area contributed by atoms with Crippen molar-refractivity contribution in [2.24, 2.45) is 0 Å². The number of carbonyl (C=O) groups excluding carboxylic acids is 1. The Morgan fingerprint density at radius 2 is 1.91 bits per heavy atom. The van der Waals surface area contributed by atoms with Gasteiger partial charge in [0.25, 0.3) is 0 Å². The van der Waals surface area contributed by atoms with Crippen molar-refractivity contribution in [3.8, 4) is 6.07 Å². The van der Waals surface area contributed by atoms with Gasteiger partial charge < -0.3 is 24.9 Å². The number of H-pyrrole nitrogens is 2. The predicted octanol–water partition coefficient (Wildman–Crippen LogP) is 5.77. The fourth-order valence-electron chi connectivity index (χ4n) is 4.58. The number of rotatable bonds is 3. The van der Waals surface area contributed by atoms with E-state index in [1.807, 2.05) is 37.8 Å². The molecule has 0 spiro atoms. The van der Waals surface area contributed by atoms with E-state index in [1.165, 1.54) is 10.9 Å². The highest BCUT2D eigenvalue weighted by Gasteiger charge is 2.28. The molecular weight excluding hydrogens is 428 g/mol. The Balaban J connectivity index is 1.28. The van der Waals surface area contributed by atoms with E-state index in [4.69, 9.17) is 10.00 Å². The number of fused-ring (bicyclic) bond motifs is 2. The summed E-state index contributed by atoms with van der Waals surface area (Å²) in [6, 6.07) is 12.2. The van der Waals surface area contributed by atoms with Crippen LogP contribution in [0.4, 0.5) is 16.3 Å². The number of hydrogen-bond donors (Lipinski definition) is 3. The van der Waals surface area contributed by atoms with E-state index in [0.717, 1.165) is 29.4 Å². The number of pyridine rings is 1. The molecule has 0 radical (unpaired) electrons. The first kappa shape index (κ1) is 21.8. The first-order valence-corrected chi connectivity index (χ1v) is 11.5. The molecule has 5 rings (SSSR count). The van der Waals surface area contributed by atoms with Crippen LogP contribution >= 0.6 is 0 Å². The van der Waals surface area contributed by atoms with Crippen LogP contribution in [-0.2, 0) is 4.74 Å². The van der Waals surface area contributed by atoms with Gasteiger partial charge in [0.1, 0.15) is 23.1 Å². The van der Waals surface area contributed by atoms with Gasteiger partial charge in [-0.05, 0) is 69.4 Å². The standard InChI is InChI=1S/C26H28N6O2/c1-26(2,3)34-25(33)32-10-8-16(9-11-32)21-15-28-22-12-18(4-5-20(21)22)30-23-7-6-19-17(13-27)14-29-24(19)31-23/h4-7,12,14-16,28H,8-11H2,1-3H3,(H2,29,30,31). The van der Waals surface area contributed by atoms with Crippen LogP contribution in [0.15, 0.2) is 42.7 Å². The predicted molar refractivity (Wildman–Crippen MR) is 132 cm³/mol. The van der Waals surface area contributed by atoms with E-state index < -0.39 is 5.60 Å². The van der Waals surface area contributed by atoms with Gasteiger partial charge in [-0.1, -0.05) is 6.07 Å². The van der Waals surface area contributed by atoms with Crippen molar-refractivity contribution in [2.75, 3.05) is 18.4 Å². The Hall–Kier alpha value is -3.99. The summed E-state index contributed by atoms with van der Waals surface area (Å²) in [6.07, 6.45) is 5.37. The second kappa shape index (κ2) is 8.41. The molecule has 3 N–H and O–H groups in total. The van der Waals surface area contributed by atoms with Gasteiger partial charge >= 0.3 is 6.09 Å². The van der Waals surface area contributed by atoms with Gasteiger partial charge in [-0.25, -0.2) is 9.78 Å². The molecule has 8 nitrogen and oxygen atoms in total. The zero-order valence-electron chi connectivity index (χ0n) is 19.6. The van der Waals surface area contributed by atoms with Crippen LogP contribution < -0.4 is 5.32 Å². The molecule has 1 amide bonds. The average molecular weight is 457 g/mol. The monoisotopic (exact) mass is 456 g/mol. The number of amides is 1. The molecule has 0 atom stereocenters. The molecule has 0 bridgehead atoms. The van der Waals surface area contributed by atoms with E-state index >= 15 is 0 Å². The largest absolute Gasteiger partial charge is 0.444 e. The fraction of sp³-hybridized carbons (Fsp3) is 0.346. The SMILES string of the molecule is CC(C)(C)OC(=O)N1CCC(c2c[nH]c3cc(Nc4ccc5c(C#N)c[nH]c5n4)ccc23)CC1. The van der Waals surface area contributed by atoms with Crippen LogP contribution in [0.25, 0.3) is 21.9 Å². The van der Waals surface area contributed by atoms with Crippen LogP contribution in [0.2, 0.25) is 0 Å². The minimum absolute atomic E-state index is 0.226. The van der Waals surface area contributed by atoms with Gasteiger partial charge in [0.2, 0.25) is 0 Å². The summed E-state index contributed by atoms with van der Waals surface area (Å²) in [5.41, 5.74) is 4.08. The maximum atomic E-state index is 12.4. The number of benzene rings is 1. The molecule has 8 heteroatoms. The zero-order chi connectivity index (χ0) is 23.9. The lowest BCUT2D eigenvalue weighted by atomic mass is 9.89. The quantitative estimate of drug-likeness (QED) is 0.362. The van der Waals surface area contributed by atoms with Crippen LogP contribution in [0.1, 0.15) is 50.7 Å². The highest BCUT2D eigenvalue weighted by Crippen LogP contribution is 2.35. The molecule has 34 heavy (non-hydrogen) atoms. The zero-order valence-corrected chi connectivity index (χ0v) is 19.6. The molecule has 4 aromatic rings. The minimum atomic E-state index is -0.473. The van der Waals surface area contributed by atoms with E-state index in [9.17, 15) is 4.79 Å². The molecule has 1 aliphatic heterocycles. The Kier molecular flexibility index (Phi) is 5.40. The molecule has 0 aliphatic carbocycles.